The van der Waals surface area contributed by atoms with Crippen LogP contribution in [0, 0.1) is 18.3 Å². The Kier molecular flexibility index (Phi) is 3.17. The molecule has 0 spiro atoms. The van der Waals surface area contributed by atoms with E-state index in [4.69, 9.17) is 0 Å². The van der Waals surface area contributed by atoms with Crippen LogP contribution < -0.4 is 9.80 Å². The first kappa shape index (κ1) is 14.2. The Labute approximate surface area is 138 Å². The summed E-state index contributed by atoms with van der Waals surface area (Å²) in [5, 5.41) is 11.3. The van der Waals surface area contributed by atoms with E-state index in [1.807, 2.05) is 31.2 Å². The number of rotatable bonds is 2. The lowest BCUT2D eigenvalue weighted by atomic mass is 10.1. The van der Waals surface area contributed by atoms with Gasteiger partial charge in [-0.25, -0.2) is 9.78 Å². The summed E-state index contributed by atoms with van der Waals surface area (Å²) in [5.74, 6) is 0.452. The maximum atomic E-state index is 12.9. The predicted octanol–water partition coefficient (Wildman–Crippen LogP) is 2.61. The molecule has 7 nitrogen and oxygen atoms in total. The molecule has 24 heavy (non-hydrogen) atoms. The minimum Gasteiger partial charge on any atom is -0.330 e. The Morgan fingerprint density at radius 3 is 2.92 bits per heavy atom. The van der Waals surface area contributed by atoms with Gasteiger partial charge in [0, 0.05) is 23.2 Å². The second-order valence-electron chi connectivity index (χ2n) is 5.65. The van der Waals surface area contributed by atoms with E-state index < -0.39 is 6.04 Å². The van der Waals surface area contributed by atoms with E-state index in [1.54, 1.807) is 18.6 Å². The number of nitrogens with zero attached hydrogens (tertiary/aromatic N) is 5. The molecule has 1 aromatic carbocycles. The van der Waals surface area contributed by atoms with Crippen LogP contribution in [0.5, 0.6) is 0 Å². The smallest absolute Gasteiger partial charge is 0.330 e. The summed E-state index contributed by atoms with van der Waals surface area (Å²) in [5.41, 5.74) is 1.42. The van der Waals surface area contributed by atoms with Crippen molar-refractivity contribution < 1.29 is 4.79 Å². The maximum absolute atomic E-state index is 12.9. The quantitative estimate of drug-likeness (QED) is 0.786. The molecule has 0 bridgehead atoms. The molecule has 2 amide bonds. The van der Waals surface area contributed by atoms with E-state index in [2.05, 4.69) is 21.0 Å². The lowest BCUT2D eigenvalue weighted by molar-refractivity contribution is 0.255. The van der Waals surface area contributed by atoms with Gasteiger partial charge in [-0.1, -0.05) is 24.3 Å². The molecule has 0 unspecified atom stereocenters. The zero-order valence-electron chi connectivity index (χ0n) is 13.0. The van der Waals surface area contributed by atoms with Crippen molar-refractivity contribution in [1.29, 1.82) is 5.26 Å². The van der Waals surface area contributed by atoms with E-state index in [-0.39, 0.29) is 12.6 Å². The molecule has 0 saturated carbocycles. The summed E-state index contributed by atoms with van der Waals surface area (Å²) in [4.78, 5) is 27.4. The molecule has 1 aliphatic rings. The standard InChI is InChI=1S/C17H14N6O/c1-11-7-20-16(21-11)22-10-13(6-18)23(17(22)24)15-9-19-8-12-4-2-3-5-14(12)15/h2-5,7-9,13H,10H2,1H3,(H,20,21)/t13-/m1/s1. The highest BCUT2D eigenvalue weighted by Crippen LogP contribution is 2.32. The topological polar surface area (TPSA) is 88.9 Å². The average molecular weight is 318 g/mol. The largest absolute Gasteiger partial charge is 0.332 e. The number of aromatic amines is 1. The molecule has 7 heteroatoms. The van der Waals surface area contributed by atoms with E-state index >= 15 is 0 Å². The van der Waals surface area contributed by atoms with Crippen molar-refractivity contribution in [2.24, 2.45) is 0 Å². The van der Waals surface area contributed by atoms with Gasteiger partial charge in [-0.15, -0.1) is 0 Å². The number of benzene rings is 1. The first-order valence-corrected chi connectivity index (χ1v) is 7.54. The Morgan fingerprint density at radius 1 is 1.33 bits per heavy atom. The number of fused-ring (bicyclic) bond motifs is 1. The number of nitriles is 1. The summed E-state index contributed by atoms with van der Waals surface area (Å²) >= 11 is 0. The molecule has 0 radical (unpaired) electrons. The SMILES string of the molecule is Cc1c[nH]c(N2C[C@@H](C#N)N(c3cncc4ccccc34)C2=O)n1. The van der Waals surface area contributed by atoms with Crippen LogP contribution in [0.1, 0.15) is 5.69 Å². The normalized spacial score (nSPS) is 17.5. The minimum atomic E-state index is -0.601. The van der Waals surface area contributed by atoms with Gasteiger partial charge in [-0.2, -0.15) is 5.26 Å². The third-order valence-corrected chi connectivity index (χ3v) is 4.11. The Bertz CT molecular complexity index is 967. The van der Waals surface area contributed by atoms with Crippen LogP contribution in [0.15, 0.2) is 42.9 Å². The number of urea groups is 1. The van der Waals surface area contributed by atoms with Crippen LogP contribution in [-0.4, -0.2) is 33.6 Å². The lowest BCUT2D eigenvalue weighted by Crippen LogP contribution is -2.35. The van der Waals surface area contributed by atoms with Crippen molar-refractivity contribution in [3.05, 3.63) is 48.5 Å². The fourth-order valence-corrected chi connectivity index (χ4v) is 2.97. The number of carbonyl (C=O) groups is 1. The van der Waals surface area contributed by atoms with Gasteiger partial charge >= 0.3 is 6.03 Å². The maximum Gasteiger partial charge on any atom is 0.332 e. The van der Waals surface area contributed by atoms with Gasteiger partial charge < -0.3 is 4.98 Å². The van der Waals surface area contributed by atoms with Gasteiger partial charge in [0.25, 0.3) is 0 Å². The Morgan fingerprint density at radius 2 is 2.17 bits per heavy atom. The number of aromatic nitrogens is 3. The van der Waals surface area contributed by atoms with Gasteiger partial charge in [0.15, 0.2) is 0 Å². The fourth-order valence-electron chi connectivity index (χ4n) is 2.97. The summed E-state index contributed by atoms with van der Waals surface area (Å²) in [6.45, 7) is 2.10. The number of imidazole rings is 1. The number of carbonyl (C=O) groups excluding carboxylic acids is 1. The highest BCUT2D eigenvalue weighted by atomic mass is 16.2. The van der Waals surface area contributed by atoms with Gasteiger partial charge in [0.1, 0.15) is 6.04 Å². The number of hydrogen-bond acceptors (Lipinski definition) is 4. The van der Waals surface area contributed by atoms with Crippen molar-refractivity contribution in [2.45, 2.75) is 13.0 Å². The number of aryl methyl sites for hydroxylation is 1. The van der Waals surface area contributed by atoms with E-state index in [9.17, 15) is 10.1 Å². The molecule has 3 heterocycles. The monoisotopic (exact) mass is 318 g/mol. The second kappa shape index (κ2) is 5.35. The van der Waals surface area contributed by atoms with Crippen molar-refractivity contribution in [1.82, 2.24) is 15.0 Å². The van der Waals surface area contributed by atoms with Crippen LogP contribution in [-0.2, 0) is 0 Å². The van der Waals surface area contributed by atoms with Crippen molar-refractivity contribution in [3.8, 4) is 6.07 Å². The molecular formula is C17H14N6O. The van der Waals surface area contributed by atoms with Gasteiger partial charge in [-0.3, -0.25) is 14.8 Å². The molecule has 1 N–H and O–H groups in total. The van der Waals surface area contributed by atoms with Crippen LogP contribution in [0.2, 0.25) is 0 Å². The van der Waals surface area contributed by atoms with Crippen LogP contribution >= 0.6 is 0 Å². The molecule has 1 saturated heterocycles. The molecule has 0 aliphatic carbocycles. The highest BCUT2D eigenvalue weighted by molar-refractivity contribution is 6.11. The molecule has 2 aromatic heterocycles. The van der Waals surface area contributed by atoms with Crippen LogP contribution in [0.4, 0.5) is 16.4 Å². The average Bonchev–Trinajstić information content (AvgIpc) is 3.17. The molecule has 1 aliphatic heterocycles. The number of H-pyrrole nitrogens is 1. The van der Waals surface area contributed by atoms with Gasteiger partial charge in [0.2, 0.25) is 5.95 Å². The van der Waals surface area contributed by atoms with Gasteiger partial charge in [-0.05, 0) is 6.92 Å². The Hall–Kier alpha value is -3.40. The number of nitrogens with one attached hydrogen (secondary N) is 1. The summed E-state index contributed by atoms with van der Waals surface area (Å²) in [6, 6.07) is 9.00. The third-order valence-electron chi connectivity index (χ3n) is 4.11. The first-order valence-electron chi connectivity index (χ1n) is 7.54. The number of hydrogen-bond donors (Lipinski definition) is 1. The van der Waals surface area contributed by atoms with Crippen LogP contribution in [0.3, 0.4) is 0 Å². The van der Waals surface area contributed by atoms with E-state index in [0.29, 0.717) is 11.6 Å². The van der Waals surface area contributed by atoms with Crippen LogP contribution in [0.25, 0.3) is 10.8 Å². The number of pyridine rings is 1. The fraction of sp³-hybridized carbons (Fsp3) is 0.176. The number of amides is 2. The number of anilines is 2. The molecule has 1 atom stereocenters. The third kappa shape index (κ3) is 2.08. The molecule has 118 valence electrons. The van der Waals surface area contributed by atoms with Crippen molar-refractivity contribution in [3.63, 3.8) is 0 Å². The van der Waals surface area contributed by atoms with Crippen molar-refractivity contribution >= 4 is 28.4 Å². The summed E-state index contributed by atoms with van der Waals surface area (Å²) in [6.07, 6.45) is 5.10. The zero-order chi connectivity index (χ0) is 16.7. The predicted molar refractivity (Wildman–Crippen MR) is 89.7 cm³/mol. The zero-order valence-corrected chi connectivity index (χ0v) is 13.0. The Balaban J connectivity index is 1.81. The summed E-state index contributed by atoms with van der Waals surface area (Å²) < 4.78 is 0. The lowest BCUT2D eigenvalue weighted by Gasteiger charge is -2.20. The molecule has 4 rings (SSSR count). The van der Waals surface area contributed by atoms with Crippen molar-refractivity contribution in [2.75, 3.05) is 16.3 Å². The molecular weight excluding hydrogens is 304 g/mol. The molecule has 3 aromatic rings. The second-order valence-corrected chi connectivity index (χ2v) is 5.65. The first-order chi connectivity index (χ1) is 11.7. The minimum absolute atomic E-state index is 0.255. The molecule has 1 fully saturated rings. The summed E-state index contributed by atoms with van der Waals surface area (Å²) in [7, 11) is 0. The highest BCUT2D eigenvalue weighted by Gasteiger charge is 2.41. The van der Waals surface area contributed by atoms with Gasteiger partial charge in [0.05, 0.1) is 30.2 Å². The van der Waals surface area contributed by atoms with E-state index in [0.717, 1.165) is 16.5 Å². The van der Waals surface area contributed by atoms with E-state index in [1.165, 1.54) is 9.80 Å².